The van der Waals surface area contributed by atoms with Crippen LogP contribution in [-0.2, 0) is 29.0 Å². The molecule has 2 heterocycles. The minimum atomic E-state index is -0.206. The van der Waals surface area contributed by atoms with Crippen LogP contribution in [-0.4, -0.2) is 23.0 Å². The lowest BCUT2D eigenvalue weighted by atomic mass is 10.3. The van der Waals surface area contributed by atoms with Gasteiger partial charge in [0.25, 0.3) is 0 Å². The summed E-state index contributed by atoms with van der Waals surface area (Å²) in [4.78, 5) is 21.8. The van der Waals surface area contributed by atoms with Gasteiger partial charge in [0.2, 0.25) is 0 Å². The number of carbonyl (C=O) groups excluding carboxylic acids is 1. The van der Waals surface area contributed by atoms with Gasteiger partial charge in [-0.2, -0.15) is 0 Å². The van der Waals surface area contributed by atoms with E-state index in [9.17, 15) is 4.79 Å². The normalized spacial score (nSPS) is 10.5. The van der Waals surface area contributed by atoms with Gasteiger partial charge in [-0.05, 0) is 25.1 Å². The van der Waals surface area contributed by atoms with E-state index in [-0.39, 0.29) is 5.97 Å². The average Bonchev–Trinajstić information content (AvgIpc) is 2.86. The molecule has 0 amide bonds. The fourth-order valence-corrected chi connectivity index (χ4v) is 2.72. The Morgan fingerprint density at radius 3 is 2.85 bits per heavy atom. The van der Waals surface area contributed by atoms with Crippen molar-refractivity contribution < 1.29 is 9.53 Å². The molecule has 0 aliphatic rings. The summed E-state index contributed by atoms with van der Waals surface area (Å²) in [6.07, 6.45) is 2.10. The van der Waals surface area contributed by atoms with Gasteiger partial charge in [-0.25, -0.2) is 9.97 Å². The van der Waals surface area contributed by atoms with E-state index in [0.29, 0.717) is 13.0 Å². The van der Waals surface area contributed by atoms with Crippen molar-refractivity contribution >= 4 is 17.3 Å². The molecule has 0 spiro atoms. The molecule has 0 aliphatic heterocycles. The van der Waals surface area contributed by atoms with Crippen LogP contribution in [0.5, 0.6) is 0 Å². The predicted molar refractivity (Wildman–Crippen MR) is 77.4 cm³/mol. The lowest BCUT2D eigenvalue weighted by molar-refractivity contribution is -0.139. The third-order valence-electron chi connectivity index (χ3n) is 2.70. The highest BCUT2D eigenvalue weighted by molar-refractivity contribution is 7.12. The fourth-order valence-electron chi connectivity index (χ4n) is 1.74. The lowest BCUT2D eigenvalue weighted by Crippen LogP contribution is -2.13. The number of thiophene rings is 1. The summed E-state index contributed by atoms with van der Waals surface area (Å²) in [7, 11) is 1.40. The van der Waals surface area contributed by atoms with E-state index >= 15 is 0 Å². The minimum absolute atomic E-state index is 0.206. The predicted octanol–water partition coefficient (Wildman–Crippen LogP) is 1.85. The van der Waals surface area contributed by atoms with Gasteiger partial charge in [0.1, 0.15) is 5.82 Å². The van der Waals surface area contributed by atoms with Gasteiger partial charge in [-0.1, -0.05) is 0 Å². The number of esters is 1. The quantitative estimate of drug-likeness (QED) is 0.823. The summed E-state index contributed by atoms with van der Waals surface area (Å²) in [5.74, 6) is 0.573. The Morgan fingerprint density at radius 2 is 2.10 bits per heavy atom. The van der Waals surface area contributed by atoms with Crippen LogP contribution in [0.2, 0.25) is 0 Å². The Bertz CT molecular complexity index is 583. The zero-order chi connectivity index (χ0) is 14.4. The largest absolute Gasteiger partial charge is 0.469 e. The number of ether oxygens (including phenoxy) is 1. The lowest BCUT2D eigenvalue weighted by Gasteiger charge is -2.03. The maximum absolute atomic E-state index is 11.2. The summed E-state index contributed by atoms with van der Waals surface area (Å²) in [5.41, 5.74) is 0.976. The van der Waals surface area contributed by atoms with Crippen molar-refractivity contribution in [2.75, 3.05) is 7.11 Å². The highest BCUT2D eigenvalue weighted by Gasteiger charge is 2.06. The first kappa shape index (κ1) is 14.6. The molecule has 0 radical (unpaired) electrons. The molecule has 1 N–H and O–H groups in total. The van der Waals surface area contributed by atoms with Crippen LogP contribution >= 0.6 is 11.3 Å². The van der Waals surface area contributed by atoms with Crippen molar-refractivity contribution in [2.45, 2.75) is 26.4 Å². The molecule has 0 aromatic carbocycles. The van der Waals surface area contributed by atoms with Crippen molar-refractivity contribution in [3.05, 3.63) is 45.7 Å². The second-order valence-corrected chi connectivity index (χ2v) is 5.57. The monoisotopic (exact) mass is 291 g/mol. The SMILES string of the molecule is COC(=O)Cc1ccc(CNCc2ccnc(C)n2)s1. The number of carbonyl (C=O) groups is 1. The number of aromatic nitrogens is 2. The van der Waals surface area contributed by atoms with Gasteiger partial charge in [0, 0.05) is 29.0 Å². The van der Waals surface area contributed by atoms with E-state index in [1.165, 1.54) is 12.0 Å². The molecule has 5 nitrogen and oxygen atoms in total. The number of hydrogen-bond donors (Lipinski definition) is 1. The van der Waals surface area contributed by atoms with E-state index in [1.54, 1.807) is 17.5 Å². The van der Waals surface area contributed by atoms with Gasteiger partial charge < -0.3 is 10.1 Å². The first-order valence-electron chi connectivity index (χ1n) is 6.31. The number of nitrogens with zero attached hydrogens (tertiary/aromatic N) is 2. The minimum Gasteiger partial charge on any atom is -0.469 e. The van der Waals surface area contributed by atoms with E-state index in [2.05, 4.69) is 20.0 Å². The van der Waals surface area contributed by atoms with Crippen molar-refractivity contribution in [3.63, 3.8) is 0 Å². The van der Waals surface area contributed by atoms with Crippen LogP contribution in [0.4, 0.5) is 0 Å². The number of hydrogen-bond acceptors (Lipinski definition) is 6. The Morgan fingerprint density at radius 1 is 1.30 bits per heavy atom. The summed E-state index contributed by atoms with van der Waals surface area (Å²) in [6.45, 7) is 3.34. The first-order chi connectivity index (χ1) is 9.67. The van der Waals surface area contributed by atoms with Crippen LogP contribution in [0.15, 0.2) is 24.4 Å². The standard InChI is InChI=1S/C14H17N3O2S/c1-10-16-6-5-11(17-10)8-15-9-13-4-3-12(20-13)7-14(18)19-2/h3-6,15H,7-9H2,1-2H3. The van der Waals surface area contributed by atoms with Crippen molar-refractivity contribution in [2.24, 2.45) is 0 Å². The van der Waals surface area contributed by atoms with Gasteiger partial charge in [0.15, 0.2) is 0 Å². The molecule has 106 valence electrons. The molecule has 0 saturated heterocycles. The second kappa shape index (κ2) is 7.12. The maximum Gasteiger partial charge on any atom is 0.310 e. The summed E-state index contributed by atoms with van der Waals surface area (Å²) in [6, 6.07) is 5.89. The van der Waals surface area contributed by atoms with Crippen molar-refractivity contribution in [3.8, 4) is 0 Å². The summed E-state index contributed by atoms with van der Waals surface area (Å²) < 4.78 is 4.65. The molecule has 2 aromatic rings. The molecule has 0 bridgehead atoms. The van der Waals surface area contributed by atoms with E-state index in [4.69, 9.17) is 0 Å². The highest BCUT2D eigenvalue weighted by atomic mass is 32.1. The van der Waals surface area contributed by atoms with E-state index < -0.39 is 0 Å². The van der Waals surface area contributed by atoms with E-state index in [1.807, 2.05) is 25.1 Å². The molecule has 0 saturated carbocycles. The van der Waals surface area contributed by atoms with Crippen LogP contribution in [0.1, 0.15) is 21.3 Å². The summed E-state index contributed by atoms with van der Waals surface area (Å²) >= 11 is 1.62. The third-order valence-corrected chi connectivity index (χ3v) is 3.79. The van der Waals surface area contributed by atoms with Crippen LogP contribution in [0.25, 0.3) is 0 Å². The molecule has 2 rings (SSSR count). The molecular formula is C14H17N3O2S. The van der Waals surface area contributed by atoms with Gasteiger partial charge in [0.05, 0.1) is 19.2 Å². The molecule has 6 heteroatoms. The van der Waals surface area contributed by atoms with Crippen LogP contribution in [0.3, 0.4) is 0 Å². The molecule has 2 aromatic heterocycles. The van der Waals surface area contributed by atoms with Crippen LogP contribution < -0.4 is 5.32 Å². The smallest absolute Gasteiger partial charge is 0.310 e. The third kappa shape index (κ3) is 4.40. The number of methoxy groups -OCH3 is 1. The molecule has 0 atom stereocenters. The van der Waals surface area contributed by atoms with Gasteiger partial charge >= 0.3 is 5.97 Å². The zero-order valence-corrected chi connectivity index (χ0v) is 12.4. The zero-order valence-electron chi connectivity index (χ0n) is 11.5. The Balaban J connectivity index is 1.81. The maximum atomic E-state index is 11.2. The van der Waals surface area contributed by atoms with Crippen molar-refractivity contribution in [1.29, 1.82) is 0 Å². The highest BCUT2D eigenvalue weighted by Crippen LogP contribution is 2.17. The number of nitrogens with one attached hydrogen (secondary N) is 1. The molecule has 0 aliphatic carbocycles. The first-order valence-corrected chi connectivity index (χ1v) is 7.12. The molecule has 0 fully saturated rings. The number of aryl methyl sites for hydroxylation is 1. The summed E-state index contributed by atoms with van der Waals surface area (Å²) in [5, 5.41) is 3.33. The van der Waals surface area contributed by atoms with Gasteiger partial charge in [-0.3, -0.25) is 4.79 Å². The molecule has 20 heavy (non-hydrogen) atoms. The average molecular weight is 291 g/mol. The van der Waals surface area contributed by atoms with E-state index in [0.717, 1.165) is 22.9 Å². The van der Waals surface area contributed by atoms with Gasteiger partial charge in [-0.15, -0.1) is 11.3 Å². The number of rotatable bonds is 6. The Labute approximate surface area is 122 Å². The second-order valence-electron chi connectivity index (χ2n) is 4.32. The molecular weight excluding hydrogens is 274 g/mol. The Hall–Kier alpha value is -1.79. The van der Waals surface area contributed by atoms with Crippen LogP contribution in [0, 0.1) is 6.92 Å². The molecule has 0 unspecified atom stereocenters. The topological polar surface area (TPSA) is 64.1 Å². The Kier molecular flexibility index (Phi) is 5.20. The van der Waals surface area contributed by atoms with Crippen molar-refractivity contribution in [1.82, 2.24) is 15.3 Å². The fraction of sp³-hybridized carbons (Fsp3) is 0.357.